The summed E-state index contributed by atoms with van der Waals surface area (Å²) in [5.41, 5.74) is 0. The average Bonchev–Trinajstić information content (AvgIpc) is 3.19. The zero-order valence-electron chi connectivity index (χ0n) is 27.9. The first-order valence-corrected chi connectivity index (χ1v) is 19.9. The highest BCUT2D eigenvalue weighted by Gasteiger charge is 2.23. The molecule has 0 aromatic heterocycles. The van der Waals surface area contributed by atoms with E-state index >= 15 is 0 Å². The Morgan fingerprint density at radius 2 is 0.615 bits per heavy atom. The molecule has 0 fully saturated rings. The molecule has 2 N–H and O–H groups in total. The lowest BCUT2D eigenvalue weighted by Crippen LogP contribution is -2.51. The fourth-order valence-corrected chi connectivity index (χ4v) is 11.7. The Balaban J connectivity index is 0.000000153. The number of rotatable bonds is 8. The third-order valence-electron chi connectivity index (χ3n) is 8.10. The fraction of sp³-hybridized carbons (Fsp3) is 0. The Labute approximate surface area is 304 Å². The van der Waals surface area contributed by atoms with Crippen LogP contribution in [-0.2, 0) is 0 Å². The van der Waals surface area contributed by atoms with Crippen LogP contribution >= 0.6 is 0 Å². The van der Waals surface area contributed by atoms with Gasteiger partial charge in [0.05, 0.1) is 0 Å². The smallest absolute Gasteiger partial charge is 0.509 e. The quantitative estimate of drug-likeness (QED) is 0.0800. The van der Waals surface area contributed by atoms with Gasteiger partial charge in [0, 0.05) is 6.07 Å². The highest BCUT2D eigenvalue weighted by Crippen LogP contribution is 2.24. The highest BCUT2D eigenvalue weighted by molar-refractivity contribution is 6.96. The normalized spacial score (nSPS) is 10.5. The molecule has 0 radical (unpaired) electrons. The molecule has 0 unspecified atom stereocenters. The lowest BCUT2D eigenvalue weighted by molar-refractivity contribution is 0.276. The molecular weight excluding hydrogens is 695 g/mol. The summed E-state index contributed by atoms with van der Waals surface area (Å²) in [6.07, 6.45) is 0. The van der Waals surface area contributed by atoms with Crippen LogP contribution in [0.2, 0.25) is 0 Å². The molecule has 10 heteroatoms. The second kappa shape index (κ2) is 19.2. The van der Waals surface area contributed by atoms with Gasteiger partial charge in [0.15, 0.2) is 11.6 Å². The zero-order valence-corrected chi connectivity index (χ0v) is 30.3. The van der Waals surface area contributed by atoms with Gasteiger partial charge in [0.1, 0.15) is 23.3 Å². The van der Waals surface area contributed by atoms with Crippen molar-refractivity contribution in [2.75, 3.05) is 0 Å². The first kappa shape index (κ1) is 37.7. The Morgan fingerprint density at radius 1 is 0.365 bits per heavy atom. The third-order valence-corrected chi connectivity index (χ3v) is 14.4. The molecule has 0 atom stereocenters. The van der Waals surface area contributed by atoms with E-state index < -0.39 is 53.9 Å². The molecule has 7 rings (SSSR count). The number of halogens is 4. The minimum absolute atomic E-state index is 0.160. The summed E-state index contributed by atoms with van der Waals surface area (Å²) in [6.45, 7) is 0. The molecule has 7 aromatic rings. The van der Waals surface area contributed by atoms with Gasteiger partial charge in [-0.1, -0.05) is 213 Å². The van der Waals surface area contributed by atoms with E-state index in [0.29, 0.717) is 0 Å². The van der Waals surface area contributed by atoms with Crippen LogP contribution in [0.5, 0.6) is 5.75 Å². The van der Waals surface area contributed by atoms with Crippen LogP contribution in [-0.4, -0.2) is 35.0 Å². The maximum Gasteiger partial charge on any atom is 0.707 e. The van der Waals surface area contributed by atoms with Gasteiger partial charge in [-0.25, -0.2) is 13.2 Å². The topological polar surface area (TPSA) is 49.7 Å². The van der Waals surface area contributed by atoms with Crippen LogP contribution in [0.15, 0.2) is 188 Å². The lowest BCUT2D eigenvalue weighted by atomic mass is 10.2. The maximum atomic E-state index is 12.7. The molecule has 7 aromatic carbocycles. The minimum atomic E-state index is -2.45. The van der Waals surface area contributed by atoms with Crippen LogP contribution in [0.25, 0.3) is 0 Å². The van der Waals surface area contributed by atoms with E-state index in [0.717, 1.165) is 0 Å². The summed E-state index contributed by atoms with van der Waals surface area (Å²) in [6, 6.07) is 65.5. The van der Waals surface area contributed by atoms with E-state index in [-0.39, 0.29) is 6.07 Å². The molecule has 0 aliphatic heterocycles. The van der Waals surface area contributed by atoms with Crippen molar-refractivity contribution in [3.8, 4) is 5.75 Å². The van der Waals surface area contributed by atoms with Crippen LogP contribution in [0, 0.1) is 23.3 Å². The largest absolute Gasteiger partial charge is 0.707 e. The van der Waals surface area contributed by atoms with Crippen molar-refractivity contribution < 1.29 is 32.3 Å². The molecule has 3 nitrogen and oxygen atoms in total. The van der Waals surface area contributed by atoms with Crippen molar-refractivity contribution >= 4 is 56.0 Å². The standard InChI is InChI=1S/2C18H16Si.C6H3BF4O3/c2*1-4-10-16(11-5-1)19(17-12-6-2-7-13-17)18-14-8-3-9-15-18;8-2-1-3(14-7(12)13)5(10)6(11)4(2)9/h2*1-15,19H;1,12-13H. The molecule has 0 saturated heterocycles. The maximum absolute atomic E-state index is 12.7. The third kappa shape index (κ3) is 10.3. The average molecular weight is 731 g/mol. The van der Waals surface area contributed by atoms with Gasteiger partial charge in [-0.2, -0.15) is 4.39 Å². The summed E-state index contributed by atoms with van der Waals surface area (Å²) in [7, 11) is -5.07. The van der Waals surface area contributed by atoms with Gasteiger partial charge in [-0.3, -0.25) is 0 Å². The Bertz CT molecular complexity index is 1780. The Morgan fingerprint density at radius 3 is 0.846 bits per heavy atom. The van der Waals surface area contributed by atoms with Crippen LogP contribution in [0.1, 0.15) is 0 Å². The van der Waals surface area contributed by atoms with Crippen molar-refractivity contribution in [2.24, 2.45) is 0 Å². The summed E-state index contributed by atoms with van der Waals surface area (Å²) in [5.74, 6) is -8.74. The monoisotopic (exact) mass is 730 g/mol. The molecule has 0 heterocycles. The Hall–Kier alpha value is -5.52. The van der Waals surface area contributed by atoms with E-state index in [2.05, 4.69) is 187 Å². The van der Waals surface area contributed by atoms with Gasteiger partial charge >= 0.3 is 7.32 Å². The van der Waals surface area contributed by atoms with Gasteiger partial charge in [0.25, 0.3) is 0 Å². The molecule has 52 heavy (non-hydrogen) atoms. The van der Waals surface area contributed by atoms with Crippen molar-refractivity contribution in [1.82, 2.24) is 0 Å². The summed E-state index contributed by atoms with van der Waals surface area (Å²) < 4.78 is 53.8. The number of hydrogen-bond donors (Lipinski definition) is 2. The first-order chi connectivity index (χ1) is 25.3. The van der Waals surface area contributed by atoms with E-state index in [9.17, 15) is 17.6 Å². The van der Waals surface area contributed by atoms with E-state index in [4.69, 9.17) is 10.0 Å². The van der Waals surface area contributed by atoms with Crippen LogP contribution < -0.4 is 35.8 Å². The van der Waals surface area contributed by atoms with Crippen molar-refractivity contribution in [3.63, 3.8) is 0 Å². The van der Waals surface area contributed by atoms with E-state index in [1.54, 1.807) is 0 Å². The predicted octanol–water partition coefficient (Wildman–Crippen LogP) is 4.46. The molecule has 0 saturated carbocycles. The molecule has 260 valence electrons. The number of hydrogen-bond acceptors (Lipinski definition) is 3. The van der Waals surface area contributed by atoms with Gasteiger partial charge < -0.3 is 14.7 Å². The molecule has 0 aliphatic carbocycles. The van der Waals surface area contributed by atoms with Crippen LogP contribution in [0.3, 0.4) is 0 Å². The first-order valence-electron chi connectivity index (χ1n) is 16.5. The molecule has 0 amide bonds. The molecular formula is C42H35BF4O3Si2. The summed E-state index contributed by atoms with van der Waals surface area (Å²) in [4.78, 5) is 0. The second-order valence-electron chi connectivity index (χ2n) is 11.6. The SMILES string of the molecule is OB(O)Oc1cc(F)c(F)c(F)c1F.c1ccc([SiH](c2ccccc2)c2ccccc2)cc1.c1ccc([SiH](c2ccccc2)c2ccccc2)cc1. The van der Waals surface area contributed by atoms with Crippen molar-refractivity contribution in [3.05, 3.63) is 211 Å². The van der Waals surface area contributed by atoms with Crippen LogP contribution in [0.4, 0.5) is 17.6 Å². The van der Waals surface area contributed by atoms with Gasteiger partial charge in [0.2, 0.25) is 11.6 Å². The highest BCUT2D eigenvalue weighted by atomic mass is 28.3. The predicted molar refractivity (Wildman–Crippen MR) is 208 cm³/mol. The Kier molecular flexibility index (Phi) is 13.9. The van der Waals surface area contributed by atoms with Crippen molar-refractivity contribution in [2.45, 2.75) is 0 Å². The molecule has 0 aliphatic rings. The second-order valence-corrected chi connectivity index (χ2v) is 17.3. The van der Waals surface area contributed by atoms with E-state index in [1.165, 1.54) is 31.1 Å². The van der Waals surface area contributed by atoms with Gasteiger partial charge in [-0.05, 0) is 0 Å². The number of benzene rings is 7. The van der Waals surface area contributed by atoms with Crippen molar-refractivity contribution in [1.29, 1.82) is 0 Å². The fourth-order valence-electron chi connectivity index (χ4n) is 5.78. The summed E-state index contributed by atoms with van der Waals surface area (Å²) in [5, 5.41) is 25.3. The van der Waals surface area contributed by atoms with Gasteiger partial charge in [-0.15, -0.1) is 0 Å². The molecule has 0 bridgehead atoms. The lowest BCUT2D eigenvalue weighted by Gasteiger charge is -2.16. The summed E-state index contributed by atoms with van der Waals surface area (Å²) >= 11 is 0. The zero-order chi connectivity index (χ0) is 36.7. The molecule has 0 spiro atoms. The van der Waals surface area contributed by atoms with E-state index in [1.807, 2.05) is 0 Å². The minimum Gasteiger partial charge on any atom is -0.509 e.